The molecule has 0 fully saturated rings. The Labute approximate surface area is 189 Å². The van der Waals surface area contributed by atoms with E-state index in [9.17, 15) is 19.5 Å². The highest BCUT2D eigenvalue weighted by molar-refractivity contribution is 7.12. The fourth-order valence-corrected chi connectivity index (χ4v) is 4.52. The molecule has 1 unspecified atom stereocenters. The predicted octanol–water partition coefficient (Wildman–Crippen LogP) is 4.72. The number of carbonyl (C=O) groups is 3. The molecule has 7 heteroatoms. The molecule has 1 aromatic heterocycles. The first-order valence-electron chi connectivity index (χ1n) is 10.1. The number of rotatable bonds is 7. The molecular weight excluding hydrogens is 426 g/mol. The number of Topliss-reactive ketones (excluding diaryl/α,β-unsaturated/α-hetero) is 1. The summed E-state index contributed by atoms with van der Waals surface area (Å²) >= 11 is 1.25. The van der Waals surface area contributed by atoms with Crippen molar-refractivity contribution in [3.05, 3.63) is 98.9 Å². The lowest BCUT2D eigenvalue weighted by atomic mass is 9.94. The van der Waals surface area contributed by atoms with Crippen molar-refractivity contribution >= 4 is 34.7 Å². The second-order valence-electron chi connectivity index (χ2n) is 7.48. The molecule has 0 bridgehead atoms. The molecule has 0 saturated heterocycles. The van der Waals surface area contributed by atoms with E-state index in [-0.39, 0.29) is 17.8 Å². The van der Waals surface area contributed by atoms with Crippen LogP contribution in [0, 0.1) is 0 Å². The molecular formula is C25H21NO5S. The van der Waals surface area contributed by atoms with Crippen LogP contribution in [0.1, 0.15) is 39.3 Å². The Bertz CT molecular complexity index is 1190. The molecule has 2 heterocycles. The van der Waals surface area contributed by atoms with Gasteiger partial charge in [0.15, 0.2) is 5.76 Å². The minimum atomic E-state index is -0.952. The van der Waals surface area contributed by atoms with Crippen molar-refractivity contribution in [1.82, 2.24) is 0 Å². The van der Waals surface area contributed by atoms with E-state index < -0.39 is 23.7 Å². The number of aliphatic hydroxyl groups is 1. The summed E-state index contributed by atoms with van der Waals surface area (Å²) in [7, 11) is 0. The van der Waals surface area contributed by atoms with Gasteiger partial charge < -0.3 is 10.2 Å². The van der Waals surface area contributed by atoms with Crippen LogP contribution < -0.4 is 4.90 Å². The normalized spacial score (nSPS) is 16.0. The molecule has 6 nitrogen and oxygen atoms in total. The van der Waals surface area contributed by atoms with Crippen LogP contribution in [0.25, 0.3) is 0 Å². The third-order valence-corrected chi connectivity index (χ3v) is 6.34. The van der Waals surface area contributed by atoms with Gasteiger partial charge in [0.05, 0.1) is 22.9 Å². The number of hydrogen-bond donors (Lipinski definition) is 2. The van der Waals surface area contributed by atoms with E-state index in [0.717, 1.165) is 12.0 Å². The first kappa shape index (κ1) is 21.5. The molecule has 2 N–H and O–H groups in total. The number of thiophene rings is 1. The molecule has 3 aromatic rings. The topological polar surface area (TPSA) is 94.9 Å². The summed E-state index contributed by atoms with van der Waals surface area (Å²) in [5.41, 5.74) is 2.91. The van der Waals surface area contributed by atoms with Crippen LogP contribution in [0.4, 0.5) is 5.69 Å². The number of anilines is 1. The lowest BCUT2D eigenvalue weighted by Gasteiger charge is -2.27. The molecule has 1 aliphatic rings. The summed E-state index contributed by atoms with van der Waals surface area (Å²) in [4.78, 5) is 39.2. The number of ketones is 1. The molecule has 32 heavy (non-hydrogen) atoms. The number of nitrogens with zero attached hydrogens (tertiary/aromatic N) is 1. The van der Waals surface area contributed by atoms with Crippen LogP contribution in [-0.2, 0) is 22.4 Å². The molecule has 162 valence electrons. The number of carbonyl (C=O) groups excluding carboxylic acids is 2. The van der Waals surface area contributed by atoms with E-state index in [4.69, 9.17) is 5.11 Å². The number of aliphatic hydroxyl groups excluding tert-OH is 1. The lowest BCUT2D eigenvalue weighted by Crippen LogP contribution is -2.31. The summed E-state index contributed by atoms with van der Waals surface area (Å²) < 4.78 is 0. The van der Waals surface area contributed by atoms with Gasteiger partial charge in [0.25, 0.3) is 5.91 Å². The molecule has 1 aliphatic heterocycles. The first-order chi connectivity index (χ1) is 15.4. The monoisotopic (exact) mass is 447 g/mol. The Balaban J connectivity index is 1.80. The number of amides is 1. The molecule has 1 amide bonds. The second-order valence-corrected chi connectivity index (χ2v) is 8.43. The minimum Gasteiger partial charge on any atom is -0.503 e. The average molecular weight is 448 g/mol. The van der Waals surface area contributed by atoms with Crippen molar-refractivity contribution < 1.29 is 24.6 Å². The third-order valence-electron chi connectivity index (χ3n) is 5.47. The highest BCUT2D eigenvalue weighted by Crippen LogP contribution is 2.42. The summed E-state index contributed by atoms with van der Waals surface area (Å²) in [5.74, 6) is -2.57. The zero-order chi connectivity index (χ0) is 22.8. The number of benzene rings is 2. The van der Waals surface area contributed by atoms with Crippen LogP contribution in [0.15, 0.2) is 77.4 Å². The molecule has 0 aliphatic carbocycles. The zero-order valence-electron chi connectivity index (χ0n) is 17.3. The van der Waals surface area contributed by atoms with Crippen LogP contribution in [0.3, 0.4) is 0 Å². The van der Waals surface area contributed by atoms with Crippen molar-refractivity contribution in [3.8, 4) is 0 Å². The third kappa shape index (κ3) is 3.94. The van der Waals surface area contributed by atoms with E-state index in [1.807, 2.05) is 31.2 Å². The molecule has 0 saturated carbocycles. The Kier molecular flexibility index (Phi) is 5.92. The van der Waals surface area contributed by atoms with Crippen molar-refractivity contribution in [2.75, 3.05) is 4.90 Å². The van der Waals surface area contributed by atoms with Crippen molar-refractivity contribution in [3.63, 3.8) is 0 Å². The summed E-state index contributed by atoms with van der Waals surface area (Å²) in [6.45, 7) is 2.04. The van der Waals surface area contributed by atoms with Crippen LogP contribution in [-0.4, -0.2) is 27.9 Å². The quantitative estimate of drug-likeness (QED) is 0.511. The van der Waals surface area contributed by atoms with Gasteiger partial charge in [-0.2, -0.15) is 0 Å². The number of carboxylic acids is 1. The number of aliphatic carboxylic acids is 1. The van der Waals surface area contributed by atoms with Gasteiger partial charge in [0.1, 0.15) is 0 Å². The van der Waals surface area contributed by atoms with E-state index in [0.29, 0.717) is 21.7 Å². The van der Waals surface area contributed by atoms with E-state index in [1.54, 1.807) is 41.8 Å². The Morgan fingerprint density at radius 1 is 1.00 bits per heavy atom. The number of carboxylic acid groups (broad SMARTS) is 1. The average Bonchev–Trinajstić information content (AvgIpc) is 3.41. The van der Waals surface area contributed by atoms with Crippen molar-refractivity contribution in [2.45, 2.75) is 25.8 Å². The van der Waals surface area contributed by atoms with Gasteiger partial charge in [0.2, 0.25) is 5.78 Å². The van der Waals surface area contributed by atoms with Gasteiger partial charge in [-0.05, 0) is 46.7 Å². The standard InChI is InChI=1S/C25H21NO5S/c1-2-15-5-9-17(10-6-15)22-21(23(29)19-4-3-13-32-19)24(30)25(31)26(22)18-11-7-16(8-12-18)14-20(27)28/h3-13,22,30H,2,14H2,1H3,(H,27,28). The maximum atomic E-state index is 13.3. The smallest absolute Gasteiger partial charge is 0.307 e. The maximum absolute atomic E-state index is 13.3. The highest BCUT2D eigenvalue weighted by atomic mass is 32.1. The van der Waals surface area contributed by atoms with E-state index in [2.05, 4.69) is 0 Å². The molecule has 4 rings (SSSR count). The van der Waals surface area contributed by atoms with Gasteiger partial charge in [-0.3, -0.25) is 19.3 Å². The van der Waals surface area contributed by atoms with E-state index >= 15 is 0 Å². The fourth-order valence-electron chi connectivity index (χ4n) is 3.84. The van der Waals surface area contributed by atoms with Gasteiger partial charge in [-0.1, -0.05) is 49.4 Å². The van der Waals surface area contributed by atoms with E-state index in [1.165, 1.54) is 16.2 Å². The maximum Gasteiger partial charge on any atom is 0.307 e. The largest absolute Gasteiger partial charge is 0.503 e. The second kappa shape index (κ2) is 8.80. The number of aryl methyl sites for hydroxylation is 1. The summed E-state index contributed by atoms with van der Waals surface area (Å²) in [5, 5.41) is 21.5. The molecule has 2 aromatic carbocycles. The minimum absolute atomic E-state index is 0.0383. The SMILES string of the molecule is CCc1ccc(C2C(C(=O)c3cccs3)=C(O)C(=O)N2c2ccc(CC(=O)O)cc2)cc1. The fraction of sp³-hybridized carbons (Fsp3) is 0.160. The van der Waals surface area contributed by atoms with Gasteiger partial charge in [0, 0.05) is 5.69 Å². The first-order valence-corrected chi connectivity index (χ1v) is 11.0. The molecule has 0 radical (unpaired) electrons. The van der Waals surface area contributed by atoms with Crippen molar-refractivity contribution in [1.29, 1.82) is 0 Å². The van der Waals surface area contributed by atoms with Crippen LogP contribution >= 0.6 is 11.3 Å². The van der Waals surface area contributed by atoms with Crippen LogP contribution in [0.5, 0.6) is 0 Å². The van der Waals surface area contributed by atoms with Gasteiger partial charge in [-0.25, -0.2) is 0 Å². The highest BCUT2D eigenvalue weighted by Gasteiger charge is 2.44. The van der Waals surface area contributed by atoms with Gasteiger partial charge >= 0.3 is 5.97 Å². The molecule has 1 atom stereocenters. The summed E-state index contributed by atoms with van der Waals surface area (Å²) in [6.07, 6.45) is 0.711. The van der Waals surface area contributed by atoms with Crippen LogP contribution in [0.2, 0.25) is 0 Å². The Morgan fingerprint density at radius 3 is 2.22 bits per heavy atom. The summed E-state index contributed by atoms with van der Waals surface area (Å²) in [6, 6.07) is 16.8. The Morgan fingerprint density at radius 2 is 1.66 bits per heavy atom. The predicted molar refractivity (Wildman–Crippen MR) is 122 cm³/mol. The van der Waals surface area contributed by atoms with Crippen molar-refractivity contribution in [2.24, 2.45) is 0 Å². The lowest BCUT2D eigenvalue weighted by molar-refractivity contribution is -0.136. The Hall–Kier alpha value is -3.71. The molecule has 0 spiro atoms. The van der Waals surface area contributed by atoms with Gasteiger partial charge in [-0.15, -0.1) is 11.3 Å². The zero-order valence-corrected chi connectivity index (χ0v) is 18.1. The number of hydrogen-bond acceptors (Lipinski definition) is 5.